The highest BCUT2D eigenvalue weighted by Crippen LogP contribution is 2.32. The summed E-state index contributed by atoms with van der Waals surface area (Å²) in [4.78, 5) is 12.4. The second-order valence-electron chi connectivity index (χ2n) is 4.92. The number of hydrogen-bond acceptors (Lipinski definition) is 2. The summed E-state index contributed by atoms with van der Waals surface area (Å²) in [6, 6.07) is 14.7. The molecule has 2 aromatic rings. The van der Waals surface area contributed by atoms with Crippen molar-refractivity contribution in [2.24, 2.45) is 0 Å². The molecule has 0 saturated carbocycles. The topological polar surface area (TPSA) is 41.1 Å². The zero-order valence-electron chi connectivity index (χ0n) is 12.1. The predicted octanol–water partition coefficient (Wildman–Crippen LogP) is 5.14. The first kappa shape index (κ1) is 18.6. The molecule has 122 valence electrons. The van der Waals surface area contributed by atoms with Crippen LogP contribution in [0.3, 0.4) is 0 Å². The van der Waals surface area contributed by atoms with Crippen LogP contribution in [0.5, 0.6) is 0 Å². The van der Waals surface area contributed by atoms with E-state index in [0.717, 1.165) is 14.8 Å². The molecule has 7 heteroatoms. The predicted molar refractivity (Wildman–Crippen MR) is 106 cm³/mol. The molecule has 1 atom stereocenters. The molecular weight excluding hydrogens is 469 g/mol. The molecule has 0 bridgehead atoms. The number of benzene rings is 2. The van der Waals surface area contributed by atoms with Crippen molar-refractivity contribution in [3.05, 3.63) is 63.2 Å². The van der Waals surface area contributed by atoms with Gasteiger partial charge < -0.3 is 10.6 Å². The normalized spacial score (nSPS) is 12.6. The summed E-state index contributed by atoms with van der Waals surface area (Å²) in [6.07, 6.45) is -0.876. The highest BCUT2D eigenvalue weighted by atomic mass is 127. The maximum absolute atomic E-state index is 12.4. The van der Waals surface area contributed by atoms with E-state index in [4.69, 9.17) is 34.8 Å². The Morgan fingerprint density at radius 3 is 2.43 bits per heavy atom. The number of para-hydroxylation sites is 1. The van der Waals surface area contributed by atoms with Gasteiger partial charge in [-0.25, -0.2) is 0 Å². The summed E-state index contributed by atoms with van der Waals surface area (Å²) in [6.45, 7) is 1.93. The smallest absolute Gasteiger partial charge is 0.253 e. The Morgan fingerprint density at radius 1 is 1.13 bits per heavy atom. The molecule has 0 saturated heterocycles. The van der Waals surface area contributed by atoms with E-state index < -0.39 is 9.96 Å². The molecule has 0 aromatic heterocycles. The van der Waals surface area contributed by atoms with Crippen LogP contribution in [0.4, 0.5) is 5.69 Å². The highest BCUT2D eigenvalue weighted by molar-refractivity contribution is 14.1. The van der Waals surface area contributed by atoms with E-state index in [1.807, 2.05) is 37.3 Å². The molecule has 0 fully saturated rings. The van der Waals surface area contributed by atoms with Crippen molar-refractivity contribution in [3.8, 4) is 0 Å². The number of rotatable bonds is 4. The van der Waals surface area contributed by atoms with Gasteiger partial charge in [-0.15, -0.1) is 0 Å². The Hall–Kier alpha value is -0.690. The van der Waals surface area contributed by atoms with Crippen molar-refractivity contribution in [1.82, 2.24) is 5.32 Å². The third kappa shape index (κ3) is 5.41. The minimum absolute atomic E-state index is 0.319. The van der Waals surface area contributed by atoms with Gasteiger partial charge in [-0.1, -0.05) is 59.1 Å². The Bertz CT molecular complexity index is 704. The van der Waals surface area contributed by atoms with E-state index in [-0.39, 0.29) is 5.91 Å². The standard InChI is InChI=1S/C16H14Cl3IN2O/c1-10-5-2-3-8-13(10)21-15(16(17,18)19)22-14(23)11-6-4-7-12(20)9-11/h2-9,15,21H,1H3,(H,22,23)/t15-/m1/s1. The molecule has 2 aromatic carbocycles. The van der Waals surface area contributed by atoms with E-state index in [1.165, 1.54) is 0 Å². The van der Waals surface area contributed by atoms with Crippen molar-refractivity contribution in [3.63, 3.8) is 0 Å². The number of anilines is 1. The van der Waals surface area contributed by atoms with Crippen LogP contribution in [0.25, 0.3) is 0 Å². The van der Waals surface area contributed by atoms with Crippen LogP contribution < -0.4 is 10.6 Å². The fraction of sp³-hybridized carbons (Fsp3) is 0.188. The summed E-state index contributed by atoms with van der Waals surface area (Å²) in [5.41, 5.74) is 2.27. The average Bonchev–Trinajstić information content (AvgIpc) is 2.47. The molecule has 0 unspecified atom stereocenters. The summed E-state index contributed by atoms with van der Waals surface area (Å²) < 4.78 is -0.757. The Labute approximate surface area is 163 Å². The van der Waals surface area contributed by atoms with Crippen LogP contribution >= 0.6 is 57.4 Å². The number of halogens is 4. The van der Waals surface area contributed by atoms with Crippen molar-refractivity contribution in [2.45, 2.75) is 16.9 Å². The zero-order chi connectivity index (χ0) is 17.0. The van der Waals surface area contributed by atoms with Gasteiger partial charge in [0, 0.05) is 14.8 Å². The van der Waals surface area contributed by atoms with E-state index >= 15 is 0 Å². The quantitative estimate of drug-likeness (QED) is 0.359. The van der Waals surface area contributed by atoms with E-state index in [0.29, 0.717) is 5.56 Å². The minimum atomic E-state index is -1.71. The fourth-order valence-corrected chi connectivity index (χ4v) is 2.80. The molecule has 0 spiro atoms. The molecule has 2 N–H and O–H groups in total. The molecule has 0 aliphatic carbocycles. The monoisotopic (exact) mass is 482 g/mol. The van der Waals surface area contributed by atoms with Crippen molar-refractivity contribution in [1.29, 1.82) is 0 Å². The van der Waals surface area contributed by atoms with Crippen molar-refractivity contribution >= 4 is 69.0 Å². The number of carbonyl (C=O) groups is 1. The molecule has 0 aliphatic rings. The molecule has 1 amide bonds. The average molecular weight is 484 g/mol. The summed E-state index contributed by atoms with van der Waals surface area (Å²) in [5.74, 6) is -0.319. The van der Waals surface area contributed by atoms with Crippen molar-refractivity contribution in [2.75, 3.05) is 5.32 Å². The molecule has 2 rings (SSSR count). The zero-order valence-corrected chi connectivity index (χ0v) is 16.5. The van der Waals surface area contributed by atoms with Crippen LogP contribution in [0.15, 0.2) is 48.5 Å². The van der Waals surface area contributed by atoms with Gasteiger partial charge >= 0.3 is 0 Å². The first-order chi connectivity index (χ1) is 10.8. The van der Waals surface area contributed by atoms with Gasteiger partial charge in [-0.05, 0) is 59.3 Å². The lowest BCUT2D eigenvalue weighted by Crippen LogP contribution is -2.49. The maximum atomic E-state index is 12.4. The second kappa shape index (κ2) is 7.92. The number of carbonyl (C=O) groups excluding carboxylic acids is 1. The van der Waals surface area contributed by atoms with Crippen LogP contribution in [0, 0.1) is 10.5 Å². The van der Waals surface area contributed by atoms with Crippen LogP contribution in [-0.2, 0) is 0 Å². The van der Waals surface area contributed by atoms with E-state index in [9.17, 15) is 4.79 Å². The number of aryl methyl sites for hydroxylation is 1. The van der Waals surface area contributed by atoms with E-state index in [1.54, 1.807) is 18.2 Å². The number of amides is 1. The minimum Gasteiger partial charge on any atom is -0.362 e. The summed E-state index contributed by atoms with van der Waals surface area (Å²) >= 11 is 20.2. The largest absolute Gasteiger partial charge is 0.362 e. The third-order valence-electron chi connectivity index (χ3n) is 3.13. The van der Waals surface area contributed by atoms with Crippen LogP contribution in [0.2, 0.25) is 0 Å². The lowest BCUT2D eigenvalue weighted by atomic mass is 10.2. The number of alkyl halides is 3. The first-order valence-corrected chi connectivity index (χ1v) is 8.94. The second-order valence-corrected chi connectivity index (χ2v) is 8.53. The molecular formula is C16H14Cl3IN2O. The lowest BCUT2D eigenvalue weighted by Gasteiger charge is -2.28. The molecule has 0 heterocycles. The number of hydrogen-bond donors (Lipinski definition) is 2. The fourth-order valence-electron chi connectivity index (χ4n) is 1.93. The molecule has 23 heavy (non-hydrogen) atoms. The van der Waals surface area contributed by atoms with Gasteiger partial charge in [-0.2, -0.15) is 0 Å². The first-order valence-electron chi connectivity index (χ1n) is 6.72. The molecule has 3 nitrogen and oxygen atoms in total. The van der Waals surface area contributed by atoms with E-state index in [2.05, 4.69) is 33.2 Å². The Balaban J connectivity index is 2.20. The van der Waals surface area contributed by atoms with Crippen LogP contribution in [0.1, 0.15) is 15.9 Å². The highest BCUT2D eigenvalue weighted by Gasteiger charge is 2.34. The summed E-state index contributed by atoms with van der Waals surface area (Å²) in [5, 5.41) is 5.80. The van der Waals surface area contributed by atoms with Crippen molar-refractivity contribution < 1.29 is 4.79 Å². The Morgan fingerprint density at radius 2 is 1.83 bits per heavy atom. The molecule has 0 aliphatic heterocycles. The SMILES string of the molecule is Cc1ccccc1N[C@H](NC(=O)c1cccc(I)c1)C(Cl)(Cl)Cl. The Kier molecular flexibility index (Phi) is 6.42. The summed E-state index contributed by atoms with van der Waals surface area (Å²) in [7, 11) is 0. The third-order valence-corrected chi connectivity index (χ3v) is 4.46. The van der Waals surface area contributed by atoms with Gasteiger partial charge in [0.15, 0.2) is 0 Å². The number of nitrogens with one attached hydrogen (secondary N) is 2. The lowest BCUT2D eigenvalue weighted by molar-refractivity contribution is 0.0941. The maximum Gasteiger partial charge on any atom is 0.253 e. The van der Waals surface area contributed by atoms with Gasteiger partial charge in [0.1, 0.15) is 6.17 Å². The van der Waals surface area contributed by atoms with Crippen LogP contribution in [-0.4, -0.2) is 15.9 Å². The molecule has 0 radical (unpaired) electrons. The van der Waals surface area contributed by atoms with Gasteiger partial charge in [-0.3, -0.25) is 4.79 Å². The van der Waals surface area contributed by atoms with Gasteiger partial charge in [0.05, 0.1) is 0 Å². The van der Waals surface area contributed by atoms with Gasteiger partial charge in [0.2, 0.25) is 3.79 Å². The van der Waals surface area contributed by atoms with Gasteiger partial charge in [0.25, 0.3) is 5.91 Å².